The Morgan fingerprint density at radius 3 is 2.45 bits per heavy atom. The molecule has 1 nitrogen and oxygen atoms in total. The molecule has 1 aliphatic rings. The van der Waals surface area contributed by atoms with Crippen LogP contribution in [0.2, 0.25) is 5.82 Å². The van der Waals surface area contributed by atoms with Gasteiger partial charge in [-0.3, -0.25) is 0 Å². The van der Waals surface area contributed by atoms with Crippen molar-refractivity contribution in [1.29, 1.82) is 0 Å². The smallest absolute Gasteiger partial charge is 0.410 e. The SMILES string of the molecule is BC1C=CC=C1OC(F)(F)F. The van der Waals surface area contributed by atoms with Crippen LogP contribution >= 0.6 is 0 Å². The summed E-state index contributed by atoms with van der Waals surface area (Å²) in [7, 11) is 1.64. The summed E-state index contributed by atoms with van der Waals surface area (Å²) in [5.41, 5.74) is 0. The number of rotatable bonds is 1. The van der Waals surface area contributed by atoms with Gasteiger partial charge in [0.1, 0.15) is 13.6 Å². The number of hydrogen-bond donors (Lipinski definition) is 0. The quantitative estimate of drug-likeness (QED) is 0.529. The highest BCUT2D eigenvalue weighted by molar-refractivity contribution is 6.15. The highest BCUT2D eigenvalue weighted by Gasteiger charge is 2.33. The maximum atomic E-state index is 11.6. The van der Waals surface area contributed by atoms with E-state index < -0.39 is 6.36 Å². The van der Waals surface area contributed by atoms with Gasteiger partial charge in [-0.1, -0.05) is 12.2 Å². The van der Waals surface area contributed by atoms with Gasteiger partial charge in [-0.25, -0.2) is 0 Å². The Balaban J connectivity index is 2.53. The molecule has 0 bridgehead atoms. The fourth-order valence-corrected chi connectivity index (χ4v) is 0.824. The molecule has 0 aromatic rings. The molecule has 60 valence electrons. The van der Waals surface area contributed by atoms with Gasteiger partial charge in [0.05, 0.1) is 0 Å². The van der Waals surface area contributed by atoms with Gasteiger partial charge in [-0.05, 0) is 6.08 Å². The van der Waals surface area contributed by atoms with Crippen molar-refractivity contribution in [1.82, 2.24) is 0 Å². The minimum atomic E-state index is -4.56. The first-order valence-corrected chi connectivity index (χ1v) is 3.13. The Bertz CT molecular complexity index is 206. The number of hydrogen-bond acceptors (Lipinski definition) is 1. The lowest BCUT2D eigenvalue weighted by Gasteiger charge is -2.12. The summed E-state index contributed by atoms with van der Waals surface area (Å²) in [5.74, 6) is -0.311. The normalized spacial score (nSPS) is 23.5. The van der Waals surface area contributed by atoms with E-state index in [4.69, 9.17) is 0 Å². The molecule has 0 fully saturated rings. The van der Waals surface area contributed by atoms with E-state index in [0.717, 1.165) is 0 Å². The average molecular weight is 162 g/mol. The maximum Gasteiger partial charge on any atom is 0.572 e. The fourth-order valence-electron chi connectivity index (χ4n) is 0.824. The van der Waals surface area contributed by atoms with Crippen molar-refractivity contribution in [3.05, 3.63) is 24.0 Å². The largest absolute Gasteiger partial charge is 0.572 e. The van der Waals surface area contributed by atoms with Crippen LogP contribution < -0.4 is 0 Å². The second-order valence-electron chi connectivity index (χ2n) is 2.29. The lowest BCUT2D eigenvalue weighted by atomic mass is 9.88. The Morgan fingerprint density at radius 2 is 2.09 bits per heavy atom. The molecule has 0 saturated heterocycles. The molecule has 0 heterocycles. The van der Waals surface area contributed by atoms with Crippen molar-refractivity contribution in [3.8, 4) is 0 Å². The van der Waals surface area contributed by atoms with Crippen LogP contribution in [0.3, 0.4) is 0 Å². The van der Waals surface area contributed by atoms with Crippen LogP contribution in [0.5, 0.6) is 0 Å². The highest BCUT2D eigenvalue weighted by atomic mass is 19.4. The molecule has 1 unspecified atom stereocenters. The van der Waals surface area contributed by atoms with Gasteiger partial charge in [0.15, 0.2) is 0 Å². The van der Waals surface area contributed by atoms with Crippen molar-refractivity contribution in [2.24, 2.45) is 0 Å². The van der Waals surface area contributed by atoms with Crippen LogP contribution in [0.1, 0.15) is 0 Å². The van der Waals surface area contributed by atoms with Crippen LogP contribution in [0.15, 0.2) is 24.0 Å². The van der Waals surface area contributed by atoms with Gasteiger partial charge in [0.2, 0.25) is 0 Å². The van der Waals surface area contributed by atoms with E-state index in [2.05, 4.69) is 4.74 Å². The van der Waals surface area contributed by atoms with Crippen LogP contribution in [-0.4, -0.2) is 14.2 Å². The number of allylic oxidation sites excluding steroid dienone is 3. The topological polar surface area (TPSA) is 9.23 Å². The van der Waals surface area contributed by atoms with E-state index in [0.29, 0.717) is 0 Å². The molecule has 0 spiro atoms. The minimum absolute atomic E-state index is 0.0440. The molecule has 0 aromatic carbocycles. The fraction of sp³-hybridized carbons (Fsp3) is 0.333. The second-order valence-corrected chi connectivity index (χ2v) is 2.29. The predicted molar refractivity (Wildman–Crippen MR) is 36.7 cm³/mol. The lowest BCUT2D eigenvalue weighted by Crippen LogP contribution is -2.14. The molecular weight excluding hydrogens is 156 g/mol. The van der Waals surface area contributed by atoms with E-state index in [1.165, 1.54) is 6.08 Å². The summed E-state index contributed by atoms with van der Waals surface area (Å²) in [5, 5.41) is 0. The molecular formula is C6H6BF3O. The van der Waals surface area contributed by atoms with E-state index in [-0.39, 0.29) is 11.6 Å². The van der Waals surface area contributed by atoms with Gasteiger partial charge in [0.25, 0.3) is 0 Å². The molecule has 0 N–H and O–H groups in total. The third-order valence-corrected chi connectivity index (χ3v) is 1.34. The Morgan fingerprint density at radius 1 is 1.45 bits per heavy atom. The molecule has 1 rings (SSSR count). The summed E-state index contributed by atoms with van der Waals surface area (Å²) in [6, 6.07) is 0. The predicted octanol–water partition coefficient (Wildman–Crippen LogP) is 1.40. The lowest BCUT2D eigenvalue weighted by molar-refractivity contribution is -0.305. The van der Waals surface area contributed by atoms with Crippen LogP contribution in [0.25, 0.3) is 0 Å². The second kappa shape index (κ2) is 2.64. The molecule has 0 aliphatic heterocycles. The molecule has 0 amide bonds. The molecule has 1 atom stereocenters. The molecule has 0 saturated carbocycles. The standard InChI is InChI=1S/C6H6BF3O/c7-4-2-1-3-5(4)11-6(8,9)10/h1-4H,7H2. The summed E-state index contributed by atoms with van der Waals surface area (Å²) < 4.78 is 38.5. The van der Waals surface area contributed by atoms with Crippen molar-refractivity contribution in [2.45, 2.75) is 12.2 Å². The highest BCUT2D eigenvalue weighted by Crippen LogP contribution is 2.29. The Hall–Kier alpha value is -0.865. The van der Waals surface area contributed by atoms with Crippen molar-refractivity contribution in [3.63, 3.8) is 0 Å². The summed E-state index contributed by atoms with van der Waals surface area (Å²) >= 11 is 0. The van der Waals surface area contributed by atoms with Gasteiger partial charge >= 0.3 is 6.36 Å². The van der Waals surface area contributed by atoms with Crippen molar-refractivity contribution in [2.75, 3.05) is 0 Å². The third kappa shape index (κ3) is 2.33. The third-order valence-electron chi connectivity index (χ3n) is 1.34. The van der Waals surface area contributed by atoms with Crippen molar-refractivity contribution >= 4 is 7.85 Å². The molecule has 5 heteroatoms. The first-order valence-electron chi connectivity index (χ1n) is 3.13. The zero-order valence-electron chi connectivity index (χ0n) is 5.85. The number of alkyl halides is 3. The van der Waals surface area contributed by atoms with E-state index in [1.54, 1.807) is 20.0 Å². The van der Waals surface area contributed by atoms with Gasteiger partial charge in [0, 0.05) is 5.82 Å². The van der Waals surface area contributed by atoms with Crippen molar-refractivity contribution < 1.29 is 17.9 Å². The Kier molecular flexibility index (Phi) is 1.98. The minimum Gasteiger partial charge on any atom is -0.410 e. The zero-order chi connectivity index (χ0) is 8.48. The van der Waals surface area contributed by atoms with Gasteiger partial charge < -0.3 is 4.74 Å². The molecule has 0 radical (unpaired) electrons. The Labute approximate surface area is 62.9 Å². The van der Waals surface area contributed by atoms with Gasteiger partial charge in [-0.15, -0.1) is 13.2 Å². The first-order chi connectivity index (χ1) is 4.99. The zero-order valence-corrected chi connectivity index (χ0v) is 5.85. The number of ether oxygens (including phenoxy) is 1. The monoisotopic (exact) mass is 162 g/mol. The van der Waals surface area contributed by atoms with E-state index in [9.17, 15) is 13.2 Å². The van der Waals surface area contributed by atoms with Gasteiger partial charge in [-0.2, -0.15) is 0 Å². The number of halogens is 3. The first kappa shape index (κ1) is 8.23. The summed E-state index contributed by atoms with van der Waals surface area (Å²) in [6.45, 7) is 0. The van der Waals surface area contributed by atoms with Crippen LogP contribution in [-0.2, 0) is 4.74 Å². The van der Waals surface area contributed by atoms with Crippen LogP contribution in [0, 0.1) is 0 Å². The van der Waals surface area contributed by atoms with Crippen LogP contribution in [0.4, 0.5) is 13.2 Å². The molecule has 11 heavy (non-hydrogen) atoms. The summed E-state index contributed by atoms with van der Waals surface area (Å²) in [6.07, 6.45) is -0.0584. The summed E-state index contributed by atoms with van der Waals surface area (Å²) in [4.78, 5) is 0. The van der Waals surface area contributed by atoms with E-state index >= 15 is 0 Å². The van der Waals surface area contributed by atoms with E-state index in [1.807, 2.05) is 0 Å². The molecule has 1 aliphatic carbocycles. The average Bonchev–Trinajstić information content (AvgIpc) is 2.12. The molecule has 0 aromatic heterocycles. The maximum absolute atomic E-state index is 11.6.